The summed E-state index contributed by atoms with van der Waals surface area (Å²) in [7, 11) is 0. The third-order valence-electron chi connectivity index (χ3n) is 4.05. The topological polar surface area (TPSA) is 76.7 Å². The lowest BCUT2D eigenvalue weighted by Gasteiger charge is -2.16. The summed E-state index contributed by atoms with van der Waals surface area (Å²) in [6.07, 6.45) is -0.773. The van der Waals surface area contributed by atoms with Gasteiger partial charge in [-0.05, 0) is 61.2 Å². The quantitative estimate of drug-likeness (QED) is 0.689. The van der Waals surface area contributed by atoms with Crippen LogP contribution in [0.4, 0.5) is 0 Å². The van der Waals surface area contributed by atoms with E-state index in [1.807, 2.05) is 31.2 Å². The lowest BCUT2D eigenvalue weighted by atomic mass is 10.0. The van der Waals surface area contributed by atoms with Crippen molar-refractivity contribution >= 4 is 23.4 Å². The number of amides is 2. The molecule has 0 saturated heterocycles. The molecule has 2 N–H and O–H groups in total. The molecule has 0 heterocycles. The van der Waals surface area contributed by atoms with E-state index in [9.17, 15) is 9.59 Å². The molecule has 7 heteroatoms. The molecular formula is C21H25ClN2O4. The van der Waals surface area contributed by atoms with Crippen molar-refractivity contribution in [3.63, 3.8) is 0 Å². The van der Waals surface area contributed by atoms with Crippen molar-refractivity contribution in [1.82, 2.24) is 10.9 Å². The molecule has 0 aromatic heterocycles. The third-order valence-corrected chi connectivity index (χ3v) is 4.48. The summed E-state index contributed by atoms with van der Waals surface area (Å²) in [5.74, 6) is 0.562. The number of ether oxygens (including phenoxy) is 2. The summed E-state index contributed by atoms with van der Waals surface area (Å²) in [4.78, 5) is 23.9. The highest BCUT2D eigenvalue weighted by atomic mass is 35.5. The second-order valence-corrected chi connectivity index (χ2v) is 7.13. The van der Waals surface area contributed by atoms with E-state index in [-0.39, 0.29) is 6.61 Å². The van der Waals surface area contributed by atoms with Gasteiger partial charge < -0.3 is 9.47 Å². The van der Waals surface area contributed by atoms with Crippen LogP contribution in [0, 0.1) is 6.92 Å². The fraction of sp³-hybridized carbons (Fsp3) is 0.333. The normalized spacial score (nSPS) is 11.6. The van der Waals surface area contributed by atoms with Crippen LogP contribution in [0.25, 0.3) is 0 Å². The Balaban J connectivity index is 1.75. The Kier molecular flexibility index (Phi) is 7.70. The van der Waals surface area contributed by atoms with Gasteiger partial charge in [-0.2, -0.15) is 0 Å². The molecule has 2 amide bonds. The highest BCUT2D eigenvalue weighted by molar-refractivity contribution is 6.31. The van der Waals surface area contributed by atoms with Gasteiger partial charge in [-0.15, -0.1) is 0 Å². The van der Waals surface area contributed by atoms with Gasteiger partial charge in [0.1, 0.15) is 11.5 Å². The molecule has 0 unspecified atom stereocenters. The number of nitrogens with one attached hydrogen (secondary N) is 2. The summed E-state index contributed by atoms with van der Waals surface area (Å²) >= 11 is 5.94. The zero-order valence-electron chi connectivity index (χ0n) is 16.4. The van der Waals surface area contributed by atoms with Crippen molar-refractivity contribution in [3.8, 4) is 11.5 Å². The second kappa shape index (κ2) is 9.99. The second-order valence-electron chi connectivity index (χ2n) is 6.72. The predicted octanol–water partition coefficient (Wildman–Crippen LogP) is 3.77. The van der Waals surface area contributed by atoms with Gasteiger partial charge in [-0.1, -0.05) is 37.6 Å². The van der Waals surface area contributed by atoms with E-state index in [0.717, 1.165) is 5.56 Å². The van der Waals surface area contributed by atoms with Gasteiger partial charge in [-0.3, -0.25) is 20.4 Å². The fourth-order valence-electron chi connectivity index (χ4n) is 2.31. The van der Waals surface area contributed by atoms with E-state index in [1.165, 1.54) is 5.56 Å². The lowest BCUT2D eigenvalue weighted by molar-refractivity contribution is -0.133. The molecule has 0 saturated carbocycles. The standard InChI is InChI=1S/C21H25ClN2O4/c1-13(2)16-5-7-17(8-6-16)28-15(4)21(26)24-23-20(25)12-27-18-9-10-19(22)14(3)11-18/h5-11,13,15H,12H2,1-4H3,(H,23,25)(H,24,26)/t15-/m0/s1. The van der Waals surface area contributed by atoms with Crippen LogP contribution in [-0.4, -0.2) is 24.5 Å². The zero-order valence-corrected chi connectivity index (χ0v) is 17.2. The molecule has 28 heavy (non-hydrogen) atoms. The van der Waals surface area contributed by atoms with Crippen LogP contribution >= 0.6 is 11.6 Å². The van der Waals surface area contributed by atoms with E-state index >= 15 is 0 Å². The molecule has 6 nitrogen and oxygen atoms in total. The molecule has 2 aromatic carbocycles. The maximum atomic E-state index is 12.1. The van der Waals surface area contributed by atoms with Gasteiger partial charge in [0.05, 0.1) is 0 Å². The van der Waals surface area contributed by atoms with Crippen LogP contribution in [0.5, 0.6) is 11.5 Å². The molecule has 2 rings (SSSR count). The number of benzene rings is 2. The number of carbonyl (C=O) groups is 2. The number of hydrogen-bond acceptors (Lipinski definition) is 4. The minimum atomic E-state index is -0.773. The Bertz CT molecular complexity index is 822. The minimum absolute atomic E-state index is 0.243. The molecule has 0 radical (unpaired) electrons. The van der Waals surface area contributed by atoms with Gasteiger partial charge in [0.2, 0.25) is 0 Å². The Labute approximate surface area is 170 Å². The van der Waals surface area contributed by atoms with Crippen molar-refractivity contribution in [1.29, 1.82) is 0 Å². The summed E-state index contributed by atoms with van der Waals surface area (Å²) in [5.41, 5.74) is 6.66. The van der Waals surface area contributed by atoms with Crippen LogP contribution in [-0.2, 0) is 9.59 Å². The van der Waals surface area contributed by atoms with Crippen LogP contribution < -0.4 is 20.3 Å². The van der Waals surface area contributed by atoms with Crippen molar-refractivity contribution in [3.05, 3.63) is 58.6 Å². The highest BCUT2D eigenvalue weighted by Gasteiger charge is 2.16. The molecular weight excluding hydrogens is 380 g/mol. The van der Waals surface area contributed by atoms with Gasteiger partial charge >= 0.3 is 0 Å². The van der Waals surface area contributed by atoms with Crippen molar-refractivity contribution in [2.45, 2.75) is 39.7 Å². The summed E-state index contributed by atoms with van der Waals surface area (Å²) in [6, 6.07) is 12.7. The molecule has 0 aliphatic carbocycles. The first-order valence-electron chi connectivity index (χ1n) is 9.00. The SMILES string of the molecule is Cc1cc(OCC(=O)NNC(=O)[C@H](C)Oc2ccc(C(C)C)cc2)ccc1Cl. The van der Waals surface area contributed by atoms with E-state index < -0.39 is 17.9 Å². The Hall–Kier alpha value is -2.73. The van der Waals surface area contributed by atoms with Crippen LogP contribution in [0.15, 0.2) is 42.5 Å². The molecule has 0 aliphatic heterocycles. The molecule has 0 fully saturated rings. The Morgan fingerprint density at radius 3 is 2.25 bits per heavy atom. The fourth-order valence-corrected chi connectivity index (χ4v) is 2.43. The molecule has 0 aliphatic rings. The predicted molar refractivity (Wildman–Crippen MR) is 109 cm³/mol. The van der Waals surface area contributed by atoms with E-state index in [1.54, 1.807) is 25.1 Å². The van der Waals surface area contributed by atoms with Gasteiger partial charge in [0.15, 0.2) is 12.7 Å². The van der Waals surface area contributed by atoms with Gasteiger partial charge in [-0.25, -0.2) is 0 Å². The zero-order chi connectivity index (χ0) is 20.7. The van der Waals surface area contributed by atoms with E-state index in [2.05, 4.69) is 24.7 Å². The van der Waals surface area contributed by atoms with Crippen LogP contribution in [0.1, 0.15) is 37.8 Å². The number of hydrogen-bond donors (Lipinski definition) is 2. The number of hydrazine groups is 1. The smallest absolute Gasteiger partial charge is 0.279 e. The highest BCUT2D eigenvalue weighted by Crippen LogP contribution is 2.21. The van der Waals surface area contributed by atoms with Crippen molar-refractivity contribution in [2.24, 2.45) is 0 Å². The number of halogens is 1. The summed E-state index contributed by atoms with van der Waals surface area (Å²) in [5, 5.41) is 0.622. The van der Waals surface area contributed by atoms with Crippen LogP contribution in [0.3, 0.4) is 0 Å². The molecule has 2 aromatic rings. The van der Waals surface area contributed by atoms with Gasteiger partial charge in [0, 0.05) is 5.02 Å². The van der Waals surface area contributed by atoms with Gasteiger partial charge in [0.25, 0.3) is 11.8 Å². The molecule has 0 spiro atoms. The summed E-state index contributed by atoms with van der Waals surface area (Å²) in [6.45, 7) is 7.41. The Morgan fingerprint density at radius 2 is 1.64 bits per heavy atom. The van der Waals surface area contributed by atoms with E-state index in [4.69, 9.17) is 21.1 Å². The Morgan fingerprint density at radius 1 is 1.00 bits per heavy atom. The lowest BCUT2D eigenvalue weighted by Crippen LogP contribution is -2.48. The largest absolute Gasteiger partial charge is 0.484 e. The van der Waals surface area contributed by atoms with Crippen molar-refractivity contribution in [2.75, 3.05) is 6.61 Å². The van der Waals surface area contributed by atoms with Crippen LogP contribution in [0.2, 0.25) is 5.02 Å². The number of aryl methyl sites for hydroxylation is 1. The molecule has 0 bridgehead atoms. The summed E-state index contributed by atoms with van der Waals surface area (Å²) < 4.78 is 11.0. The molecule has 1 atom stereocenters. The van der Waals surface area contributed by atoms with Crippen molar-refractivity contribution < 1.29 is 19.1 Å². The van der Waals surface area contributed by atoms with E-state index in [0.29, 0.717) is 22.4 Å². The first-order chi connectivity index (χ1) is 13.3. The number of carbonyl (C=O) groups excluding carboxylic acids is 2. The third kappa shape index (κ3) is 6.46. The maximum Gasteiger partial charge on any atom is 0.279 e. The molecule has 150 valence electrons. The monoisotopic (exact) mass is 404 g/mol. The first kappa shape index (κ1) is 21.6. The number of rotatable bonds is 7. The average molecular weight is 405 g/mol. The first-order valence-corrected chi connectivity index (χ1v) is 9.38. The minimum Gasteiger partial charge on any atom is -0.484 e. The maximum absolute atomic E-state index is 12.1. The average Bonchev–Trinajstić information content (AvgIpc) is 2.67.